The highest BCUT2D eigenvalue weighted by Gasteiger charge is 2.34. The van der Waals surface area contributed by atoms with Gasteiger partial charge in [0, 0.05) is 5.92 Å². The Morgan fingerprint density at radius 1 is 0.900 bits per heavy atom. The van der Waals surface area contributed by atoms with Gasteiger partial charge in [0.2, 0.25) is 0 Å². The van der Waals surface area contributed by atoms with E-state index in [0.29, 0.717) is 24.2 Å². The molecule has 6 atom stereocenters. The summed E-state index contributed by atoms with van der Waals surface area (Å²) < 4.78 is 12.2. The largest absolute Gasteiger partial charge is 0.378 e. The zero-order valence-electron chi connectivity index (χ0n) is 13.4. The predicted octanol–water partition coefficient (Wildman–Crippen LogP) is 4.57. The number of hydrogen-bond donors (Lipinski definition) is 0. The van der Waals surface area contributed by atoms with Gasteiger partial charge in [-0.15, -0.1) is 0 Å². The van der Waals surface area contributed by atoms with Crippen LogP contribution < -0.4 is 0 Å². The Morgan fingerprint density at radius 2 is 1.80 bits per heavy atom. The fourth-order valence-corrected chi connectivity index (χ4v) is 4.50. The molecule has 2 saturated heterocycles. The van der Waals surface area contributed by atoms with Gasteiger partial charge in [-0.2, -0.15) is 0 Å². The lowest BCUT2D eigenvalue weighted by atomic mass is 9.92. The normalized spacial score (nSPS) is 45.9. The topological polar surface area (TPSA) is 18.5 Å². The molecule has 0 spiro atoms. The molecule has 6 unspecified atom stereocenters. The van der Waals surface area contributed by atoms with Crippen molar-refractivity contribution in [3.63, 3.8) is 0 Å². The van der Waals surface area contributed by atoms with Gasteiger partial charge < -0.3 is 9.47 Å². The van der Waals surface area contributed by atoms with E-state index >= 15 is 0 Å². The van der Waals surface area contributed by atoms with Crippen molar-refractivity contribution in [2.75, 3.05) is 6.61 Å². The van der Waals surface area contributed by atoms with Crippen LogP contribution in [0.2, 0.25) is 0 Å². The molecule has 0 radical (unpaired) electrons. The van der Waals surface area contributed by atoms with Gasteiger partial charge in [0.15, 0.2) is 0 Å². The van der Waals surface area contributed by atoms with E-state index in [4.69, 9.17) is 9.47 Å². The second-order valence-electron chi connectivity index (χ2n) is 7.72. The van der Waals surface area contributed by atoms with E-state index in [1.165, 1.54) is 57.8 Å². The van der Waals surface area contributed by atoms with Gasteiger partial charge in [-0.05, 0) is 63.7 Å². The van der Waals surface area contributed by atoms with Crippen LogP contribution in [0, 0.1) is 17.8 Å². The van der Waals surface area contributed by atoms with Crippen molar-refractivity contribution >= 4 is 0 Å². The smallest absolute Gasteiger partial charge is 0.0630 e. The molecular formula is C18H32O2. The van der Waals surface area contributed by atoms with Crippen molar-refractivity contribution in [3.05, 3.63) is 0 Å². The fourth-order valence-electron chi connectivity index (χ4n) is 4.50. The highest BCUT2D eigenvalue weighted by molar-refractivity contribution is 4.83. The average molecular weight is 280 g/mol. The van der Waals surface area contributed by atoms with Crippen molar-refractivity contribution in [3.8, 4) is 0 Å². The zero-order valence-corrected chi connectivity index (χ0v) is 13.4. The van der Waals surface area contributed by atoms with Gasteiger partial charge in [-0.1, -0.05) is 19.8 Å². The number of hydrogen-bond acceptors (Lipinski definition) is 2. The first-order chi connectivity index (χ1) is 9.70. The van der Waals surface area contributed by atoms with Gasteiger partial charge in [0.1, 0.15) is 0 Å². The van der Waals surface area contributed by atoms with Gasteiger partial charge in [-0.3, -0.25) is 0 Å². The summed E-state index contributed by atoms with van der Waals surface area (Å²) in [6.07, 6.45) is 13.7. The molecule has 0 aromatic heterocycles. The second-order valence-corrected chi connectivity index (χ2v) is 7.72. The lowest BCUT2D eigenvalue weighted by molar-refractivity contribution is -0.0699. The summed E-state index contributed by atoms with van der Waals surface area (Å²) in [4.78, 5) is 0. The minimum absolute atomic E-state index is 0.466. The quantitative estimate of drug-likeness (QED) is 0.751. The maximum Gasteiger partial charge on any atom is 0.0630 e. The summed E-state index contributed by atoms with van der Waals surface area (Å²) in [6.45, 7) is 5.53. The van der Waals surface area contributed by atoms with Gasteiger partial charge in [-0.25, -0.2) is 0 Å². The minimum atomic E-state index is 0.466. The predicted molar refractivity (Wildman–Crippen MR) is 81.8 cm³/mol. The van der Waals surface area contributed by atoms with Crippen LogP contribution in [0.15, 0.2) is 0 Å². The zero-order chi connectivity index (χ0) is 13.9. The Morgan fingerprint density at radius 3 is 2.50 bits per heavy atom. The van der Waals surface area contributed by atoms with Crippen molar-refractivity contribution in [1.82, 2.24) is 0 Å². The molecule has 3 fully saturated rings. The van der Waals surface area contributed by atoms with Crippen LogP contribution in [-0.2, 0) is 9.47 Å². The molecule has 20 heavy (non-hydrogen) atoms. The molecule has 0 N–H and O–H groups in total. The molecule has 1 aliphatic carbocycles. The Labute approximate surface area is 124 Å². The molecule has 0 aromatic rings. The summed E-state index contributed by atoms with van der Waals surface area (Å²) in [5.74, 6) is 2.63. The van der Waals surface area contributed by atoms with Crippen molar-refractivity contribution in [1.29, 1.82) is 0 Å². The first-order valence-corrected chi connectivity index (χ1v) is 8.97. The Balaban J connectivity index is 1.36. The molecule has 2 aliphatic heterocycles. The van der Waals surface area contributed by atoms with Crippen LogP contribution in [0.4, 0.5) is 0 Å². The third-order valence-corrected chi connectivity index (χ3v) is 5.91. The molecule has 3 aliphatic rings. The highest BCUT2D eigenvalue weighted by atomic mass is 16.5. The molecular weight excluding hydrogens is 248 g/mol. The summed E-state index contributed by atoms with van der Waals surface area (Å²) in [5.41, 5.74) is 0. The van der Waals surface area contributed by atoms with Gasteiger partial charge >= 0.3 is 0 Å². The molecule has 3 rings (SSSR count). The van der Waals surface area contributed by atoms with E-state index in [-0.39, 0.29) is 0 Å². The van der Waals surface area contributed by atoms with E-state index in [0.717, 1.165) is 18.4 Å². The Bertz CT molecular complexity index is 296. The Kier molecular flexibility index (Phi) is 5.04. The Hall–Kier alpha value is -0.0800. The van der Waals surface area contributed by atoms with E-state index < -0.39 is 0 Å². The van der Waals surface area contributed by atoms with Gasteiger partial charge in [0.25, 0.3) is 0 Å². The first-order valence-electron chi connectivity index (χ1n) is 8.97. The molecule has 0 bridgehead atoms. The standard InChI is InChI=1S/C18H32O2/c1-13-3-5-15(11-13)6-8-17-9-10-18(20-17)16-7-4-14(2)19-12-16/h13-18H,3-12H2,1-2H3. The second kappa shape index (κ2) is 6.79. The molecule has 1 saturated carbocycles. The molecule has 116 valence electrons. The summed E-state index contributed by atoms with van der Waals surface area (Å²) in [7, 11) is 0. The van der Waals surface area contributed by atoms with Crippen molar-refractivity contribution in [2.24, 2.45) is 17.8 Å². The minimum Gasteiger partial charge on any atom is -0.378 e. The third kappa shape index (κ3) is 3.76. The van der Waals surface area contributed by atoms with Crippen LogP contribution in [-0.4, -0.2) is 24.9 Å². The lowest BCUT2D eigenvalue weighted by Gasteiger charge is -2.30. The van der Waals surface area contributed by atoms with E-state index in [2.05, 4.69) is 13.8 Å². The van der Waals surface area contributed by atoms with E-state index in [1.54, 1.807) is 0 Å². The molecule has 2 heterocycles. The highest BCUT2D eigenvalue weighted by Crippen LogP contribution is 2.37. The van der Waals surface area contributed by atoms with E-state index in [9.17, 15) is 0 Å². The van der Waals surface area contributed by atoms with Gasteiger partial charge in [0.05, 0.1) is 24.9 Å². The number of ether oxygens (including phenoxy) is 2. The van der Waals surface area contributed by atoms with E-state index in [1.807, 2.05) is 0 Å². The fraction of sp³-hybridized carbons (Fsp3) is 1.00. The van der Waals surface area contributed by atoms with Crippen LogP contribution in [0.25, 0.3) is 0 Å². The maximum absolute atomic E-state index is 6.34. The third-order valence-electron chi connectivity index (χ3n) is 5.91. The maximum atomic E-state index is 6.34. The van der Waals surface area contributed by atoms with Crippen LogP contribution in [0.1, 0.15) is 71.6 Å². The monoisotopic (exact) mass is 280 g/mol. The number of rotatable bonds is 4. The lowest BCUT2D eigenvalue weighted by Crippen LogP contribution is -2.32. The van der Waals surface area contributed by atoms with Crippen LogP contribution >= 0.6 is 0 Å². The summed E-state index contributed by atoms with van der Waals surface area (Å²) >= 11 is 0. The van der Waals surface area contributed by atoms with Crippen LogP contribution in [0.5, 0.6) is 0 Å². The first kappa shape index (κ1) is 14.8. The summed E-state index contributed by atoms with van der Waals surface area (Å²) in [6, 6.07) is 0. The average Bonchev–Trinajstić information content (AvgIpc) is 3.06. The molecule has 2 nitrogen and oxygen atoms in total. The van der Waals surface area contributed by atoms with Crippen LogP contribution in [0.3, 0.4) is 0 Å². The molecule has 2 heteroatoms. The summed E-state index contributed by atoms with van der Waals surface area (Å²) in [5, 5.41) is 0. The molecule has 0 amide bonds. The molecule has 0 aromatic carbocycles. The SMILES string of the molecule is CC1CCC(CCC2CCC(C3CCC(C)OC3)O2)C1. The van der Waals surface area contributed by atoms with Crippen molar-refractivity contribution < 1.29 is 9.47 Å². The van der Waals surface area contributed by atoms with Crippen molar-refractivity contribution in [2.45, 2.75) is 89.9 Å².